The van der Waals surface area contributed by atoms with Gasteiger partial charge in [0.2, 0.25) is 0 Å². The summed E-state index contributed by atoms with van der Waals surface area (Å²) in [5.41, 5.74) is 0. The average Bonchev–Trinajstić information content (AvgIpc) is 2.28. The quantitative estimate of drug-likeness (QED) is 0.730. The van der Waals surface area contributed by atoms with Crippen molar-refractivity contribution >= 4 is 0 Å². The first kappa shape index (κ1) is 13.9. The molecule has 2 N–H and O–H groups in total. The standard InChI is InChI=1S/C13H27NO2/c1-4-16-9-12(15)8-14-13-7-5-6-10(2)11(13)3/h10-15H,4-9H2,1-3H3. The Bertz CT molecular complexity index is 187. The van der Waals surface area contributed by atoms with Gasteiger partial charge in [0.05, 0.1) is 12.7 Å². The maximum atomic E-state index is 9.68. The van der Waals surface area contributed by atoms with Crippen LogP contribution >= 0.6 is 0 Å². The van der Waals surface area contributed by atoms with Crippen LogP contribution in [0.1, 0.15) is 40.0 Å². The highest BCUT2D eigenvalue weighted by Crippen LogP contribution is 2.29. The first-order valence-corrected chi connectivity index (χ1v) is 6.64. The molecule has 0 spiro atoms. The van der Waals surface area contributed by atoms with Gasteiger partial charge >= 0.3 is 0 Å². The lowest BCUT2D eigenvalue weighted by Gasteiger charge is -2.35. The lowest BCUT2D eigenvalue weighted by molar-refractivity contribution is 0.0382. The third-order valence-electron chi connectivity index (χ3n) is 3.84. The van der Waals surface area contributed by atoms with Crippen molar-refractivity contribution < 1.29 is 9.84 Å². The summed E-state index contributed by atoms with van der Waals surface area (Å²) >= 11 is 0. The van der Waals surface area contributed by atoms with E-state index in [-0.39, 0.29) is 6.10 Å². The maximum absolute atomic E-state index is 9.68. The number of hydrogen-bond acceptors (Lipinski definition) is 3. The molecule has 0 heterocycles. The molecule has 1 aliphatic carbocycles. The van der Waals surface area contributed by atoms with Crippen molar-refractivity contribution in [3.63, 3.8) is 0 Å². The topological polar surface area (TPSA) is 41.5 Å². The molecular weight excluding hydrogens is 202 g/mol. The van der Waals surface area contributed by atoms with E-state index >= 15 is 0 Å². The monoisotopic (exact) mass is 229 g/mol. The van der Waals surface area contributed by atoms with Crippen molar-refractivity contribution in [1.29, 1.82) is 0 Å². The number of aliphatic hydroxyl groups is 1. The molecule has 3 heteroatoms. The highest BCUT2D eigenvalue weighted by molar-refractivity contribution is 4.82. The summed E-state index contributed by atoms with van der Waals surface area (Å²) in [6.45, 7) is 8.37. The fourth-order valence-electron chi connectivity index (χ4n) is 2.47. The second kappa shape index (κ2) is 7.25. The molecule has 1 rings (SSSR count). The summed E-state index contributed by atoms with van der Waals surface area (Å²) in [7, 11) is 0. The van der Waals surface area contributed by atoms with E-state index in [1.54, 1.807) is 0 Å². The van der Waals surface area contributed by atoms with Gasteiger partial charge in [-0.05, 0) is 25.2 Å². The molecule has 4 unspecified atom stereocenters. The molecule has 1 fully saturated rings. The van der Waals surface area contributed by atoms with Gasteiger partial charge in [0.25, 0.3) is 0 Å². The largest absolute Gasteiger partial charge is 0.389 e. The molecule has 1 aliphatic rings. The molecule has 0 radical (unpaired) electrons. The number of hydrogen-bond donors (Lipinski definition) is 2. The van der Waals surface area contributed by atoms with Crippen molar-refractivity contribution in [2.45, 2.75) is 52.2 Å². The van der Waals surface area contributed by atoms with Crippen LogP contribution in [0.3, 0.4) is 0 Å². The molecule has 0 aromatic rings. The minimum atomic E-state index is -0.371. The molecule has 0 aromatic carbocycles. The summed E-state index contributed by atoms with van der Waals surface area (Å²) in [6, 6.07) is 0.569. The molecular formula is C13H27NO2. The van der Waals surface area contributed by atoms with E-state index in [0.29, 0.717) is 31.7 Å². The zero-order valence-corrected chi connectivity index (χ0v) is 10.9. The summed E-state index contributed by atoms with van der Waals surface area (Å²) in [5, 5.41) is 13.2. The van der Waals surface area contributed by atoms with Crippen LogP contribution in [-0.4, -0.2) is 37.0 Å². The van der Waals surface area contributed by atoms with Gasteiger partial charge in [0.15, 0.2) is 0 Å². The molecule has 0 saturated heterocycles. The maximum Gasteiger partial charge on any atom is 0.0897 e. The van der Waals surface area contributed by atoms with Crippen LogP contribution in [0.5, 0.6) is 0 Å². The third-order valence-corrected chi connectivity index (χ3v) is 3.84. The minimum absolute atomic E-state index is 0.371. The molecule has 0 aliphatic heterocycles. The lowest BCUT2D eigenvalue weighted by atomic mass is 9.78. The average molecular weight is 229 g/mol. The number of aliphatic hydroxyl groups excluding tert-OH is 1. The Morgan fingerprint density at radius 1 is 1.38 bits per heavy atom. The molecule has 0 amide bonds. The van der Waals surface area contributed by atoms with Gasteiger partial charge < -0.3 is 15.2 Å². The highest BCUT2D eigenvalue weighted by atomic mass is 16.5. The minimum Gasteiger partial charge on any atom is -0.389 e. The zero-order chi connectivity index (χ0) is 12.0. The van der Waals surface area contributed by atoms with Crippen LogP contribution in [0, 0.1) is 11.8 Å². The smallest absolute Gasteiger partial charge is 0.0897 e. The Hall–Kier alpha value is -0.120. The van der Waals surface area contributed by atoms with Gasteiger partial charge in [-0.15, -0.1) is 0 Å². The van der Waals surface area contributed by atoms with E-state index in [2.05, 4.69) is 19.2 Å². The van der Waals surface area contributed by atoms with Crippen molar-refractivity contribution in [2.24, 2.45) is 11.8 Å². The third kappa shape index (κ3) is 4.40. The molecule has 0 bridgehead atoms. The first-order chi connectivity index (χ1) is 7.65. The van der Waals surface area contributed by atoms with Crippen molar-refractivity contribution in [3.05, 3.63) is 0 Å². The van der Waals surface area contributed by atoms with Gasteiger partial charge in [-0.2, -0.15) is 0 Å². The predicted molar refractivity (Wildman–Crippen MR) is 66.5 cm³/mol. The Morgan fingerprint density at radius 2 is 2.12 bits per heavy atom. The Kier molecular flexibility index (Phi) is 6.32. The second-order valence-electron chi connectivity index (χ2n) is 5.10. The second-order valence-corrected chi connectivity index (χ2v) is 5.10. The van der Waals surface area contributed by atoms with E-state index < -0.39 is 0 Å². The van der Waals surface area contributed by atoms with Crippen LogP contribution in [-0.2, 0) is 4.74 Å². The van der Waals surface area contributed by atoms with Gasteiger partial charge in [-0.3, -0.25) is 0 Å². The lowest BCUT2D eigenvalue weighted by Crippen LogP contribution is -2.44. The highest BCUT2D eigenvalue weighted by Gasteiger charge is 2.26. The van der Waals surface area contributed by atoms with E-state index in [1.807, 2.05) is 6.92 Å². The summed E-state index contributed by atoms with van der Waals surface area (Å²) in [6.07, 6.45) is 3.53. The van der Waals surface area contributed by atoms with Crippen molar-refractivity contribution in [3.8, 4) is 0 Å². The summed E-state index contributed by atoms with van der Waals surface area (Å²) < 4.78 is 5.19. The number of ether oxygens (including phenoxy) is 1. The van der Waals surface area contributed by atoms with Gasteiger partial charge in [0.1, 0.15) is 0 Å². The van der Waals surface area contributed by atoms with Crippen LogP contribution in [0.4, 0.5) is 0 Å². The fourth-order valence-corrected chi connectivity index (χ4v) is 2.47. The Morgan fingerprint density at radius 3 is 2.81 bits per heavy atom. The Balaban J connectivity index is 2.20. The predicted octanol–water partition coefficient (Wildman–Crippen LogP) is 1.80. The van der Waals surface area contributed by atoms with Gasteiger partial charge in [-0.1, -0.05) is 26.7 Å². The molecule has 4 atom stereocenters. The molecule has 1 saturated carbocycles. The number of nitrogens with one attached hydrogen (secondary N) is 1. The van der Waals surface area contributed by atoms with E-state index in [1.165, 1.54) is 19.3 Å². The van der Waals surface area contributed by atoms with Gasteiger partial charge in [-0.25, -0.2) is 0 Å². The fraction of sp³-hybridized carbons (Fsp3) is 1.00. The van der Waals surface area contributed by atoms with Crippen molar-refractivity contribution in [1.82, 2.24) is 5.32 Å². The van der Waals surface area contributed by atoms with Crippen molar-refractivity contribution in [2.75, 3.05) is 19.8 Å². The normalized spacial score (nSPS) is 32.6. The van der Waals surface area contributed by atoms with Crippen LogP contribution in [0.25, 0.3) is 0 Å². The van der Waals surface area contributed by atoms with E-state index in [9.17, 15) is 5.11 Å². The summed E-state index contributed by atoms with van der Waals surface area (Å²) in [4.78, 5) is 0. The summed E-state index contributed by atoms with van der Waals surface area (Å²) in [5.74, 6) is 1.52. The van der Waals surface area contributed by atoms with E-state index in [4.69, 9.17) is 4.74 Å². The molecule has 96 valence electrons. The van der Waals surface area contributed by atoms with E-state index in [0.717, 1.165) is 5.92 Å². The van der Waals surface area contributed by atoms with Crippen LogP contribution in [0.15, 0.2) is 0 Å². The Labute approximate surface area is 99.6 Å². The number of rotatable bonds is 6. The van der Waals surface area contributed by atoms with Crippen LogP contribution in [0.2, 0.25) is 0 Å². The SMILES string of the molecule is CCOCC(O)CNC1CCCC(C)C1C. The molecule has 3 nitrogen and oxygen atoms in total. The first-order valence-electron chi connectivity index (χ1n) is 6.64. The zero-order valence-electron chi connectivity index (χ0n) is 10.9. The van der Waals surface area contributed by atoms with Gasteiger partial charge in [0, 0.05) is 19.2 Å². The molecule has 0 aromatic heterocycles. The molecule has 16 heavy (non-hydrogen) atoms. The van der Waals surface area contributed by atoms with Crippen LogP contribution < -0.4 is 5.32 Å².